The SMILES string of the molecule is N#Cc1ncn(CCOC(=O)Nc2ccccc2)c1C#N. The number of rotatable bonds is 4. The lowest BCUT2D eigenvalue weighted by atomic mass is 10.3. The van der Waals surface area contributed by atoms with E-state index in [4.69, 9.17) is 15.3 Å². The number of amides is 1. The Kier molecular flexibility index (Phi) is 4.52. The standard InChI is InChI=1S/C14H11N5O2/c15-8-12-13(9-16)19(10-17-12)6-7-21-14(20)18-11-4-2-1-3-5-11/h1-5,10H,6-7H2,(H,18,20). The number of nitriles is 2. The summed E-state index contributed by atoms with van der Waals surface area (Å²) < 4.78 is 6.47. The lowest BCUT2D eigenvalue weighted by Gasteiger charge is -2.07. The summed E-state index contributed by atoms with van der Waals surface area (Å²) in [5.41, 5.74) is 0.852. The van der Waals surface area contributed by atoms with Crippen molar-refractivity contribution >= 4 is 11.8 Å². The van der Waals surface area contributed by atoms with E-state index in [1.54, 1.807) is 24.3 Å². The normalized spacial score (nSPS) is 9.43. The average Bonchev–Trinajstić information content (AvgIpc) is 2.90. The van der Waals surface area contributed by atoms with Crippen LogP contribution >= 0.6 is 0 Å². The highest BCUT2D eigenvalue weighted by atomic mass is 16.5. The fourth-order valence-electron chi connectivity index (χ4n) is 1.66. The monoisotopic (exact) mass is 281 g/mol. The third-order valence-corrected chi connectivity index (χ3v) is 2.64. The van der Waals surface area contributed by atoms with Gasteiger partial charge >= 0.3 is 6.09 Å². The zero-order valence-corrected chi connectivity index (χ0v) is 11.0. The van der Waals surface area contributed by atoms with E-state index in [0.717, 1.165) is 0 Å². The number of benzene rings is 1. The van der Waals surface area contributed by atoms with Gasteiger partial charge < -0.3 is 9.30 Å². The molecule has 0 saturated heterocycles. The number of hydrogen-bond donors (Lipinski definition) is 1. The molecule has 2 rings (SSSR count). The number of imidazole rings is 1. The van der Waals surface area contributed by atoms with Crippen LogP contribution in [0, 0.1) is 22.7 Å². The molecule has 7 heteroatoms. The maximum atomic E-state index is 11.5. The minimum atomic E-state index is -0.583. The van der Waals surface area contributed by atoms with Crippen LogP contribution in [-0.2, 0) is 11.3 Å². The van der Waals surface area contributed by atoms with Crippen molar-refractivity contribution in [1.29, 1.82) is 10.5 Å². The fourth-order valence-corrected chi connectivity index (χ4v) is 1.66. The number of ether oxygens (including phenoxy) is 1. The van der Waals surface area contributed by atoms with E-state index in [9.17, 15) is 4.79 Å². The molecule has 0 fully saturated rings. The largest absolute Gasteiger partial charge is 0.447 e. The molecule has 1 aromatic heterocycles. The van der Waals surface area contributed by atoms with Gasteiger partial charge in [0.1, 0.15) is 18.7 Å². The predicted molar refractivity (Wildman–Crippen MR) is 73.1 cm³/mol. The lowest BCUT2D eigenvalue weighted by Crippen LogP contribution is -2.17. The molecule has 1 N–H and O–H groups in total. The van der Waals surface area contributed by atoms with Crippen molar-refractivity contribution in [3.63, 3.8) is 0 Å². The van der Waals surface area contributed by atoms with Crippen molar-refractivity contribution < 1.29 is 9.53 Å². The Labute approximate surface area is 121 Å². The van der Waals surface area contributed by atoms with Crippen molar-refractivity contribution in [3.8, 4) is 12.1 Å². The van der Waals surface area contributed by atoms with Crippen LogP contribution in [-0.4, -0.2) is 22.3 Å². The molecule has 0 spiro atoms. The molecule has 0 atom stereocenters. The van der Waals surface area contributed by atoms with E-state index in [1.165, 1.54) is 10.9 Å². The highest BCUT2D eigenvalue weighted by Gasteiger charge is 2.10. The van der Waals surface area contributed by atoms with Gasteiger partial charge in [-0.25, -0.2) is 9.78 Å². The highest BCUT2D eigenvalue weighted by Crippen LogP contribution is 2.06. The number of nitrogens with zero attached hydrogens (tertiary/aromatic N) is 4. The smallest absolute Gasteiger partial charge is 0.411 e. The van der Waals surface area contributed by atoms with Crippen molar-refractivity contribution in [2.24, 2.45) is 0 Å². The Morgan fingerprint density at radius 1 is 1.29 bits per heavy atom. The Bertz CT molecular complexity index is 709. The molecule has 1 amide bonds. The Morgan fingerprint density at radius 3 is 2.71 bits per heavy atom. The van der Waals surface area contributed by atoms with Crippen LogP contribution in [0.5, 0.6) is 0 Å². The van der Waals surface area contributed by atoms with Crippen LogP contribution in [0.15, 0.2) is 36.7 Å². The van der Waals surface area contributed by atoms with Crippen LogP contribution in [0.4, 0.5) is 10.5 Å². The van der Waals surface area contributed by atoms with E-state index in [0.29, 0.717) is 5.69 Å². The zero-order valence-electron chi connectivity index (χ0n) is 11.0. The molecule has 7 nitrogen and oxygen atoms in total. The molecule has 0 aliphatic heterocycles. The molecule has 0 bridgehead atoms. The second-order valence-electron chi connectivity index (χ2n) is 3.99. The predicted octanol–water partition coefficient (Wildman–Crippen LogP) is 1.88. The van der Waals surface area contributed by atoms with Crippen molar-refractivity contribution in [2.75, 3.05) is 11.9 Å². The van der Waals surface area contributed by atoms with Crippen LogP contribution < -0.4 is 5.32 Å². The van der Waals surface area contributed by atoms with Gasteiger partial charge in [0.2, 0.25) is 0 Å². The molecule has 0 saturated carbocycles. The number of hydrogen-bond acceptors (Lipinski definition) is 5. The van der Waals surface area contributed by atoms with Gasteiger partial charge in [0.15, 0.2) is 11.4 Å². The van der Waals surface area contributed by atoms with E-state index in [2.05, 4.69) is 10.3 Å². The summed E-state index contributed by atoms with van der Waals surface area (Å²) in [6.07, 6.45) is 0.788. The molecule has 0 unspecified atom stereocenters. The van der Waals surface area contributed by atoms with Gasteiger partial charge in [0.05, 0.1) is 12.9 Å². The first-order valence-electron chi connectivity index (χ1n) is 6.08. The molecule has 2 aromatic rings. The molecule has 1 aromatic carbocycles. The van der Waals surface area contributed by atoms with Crippen molar-refractivity contribution in [2.45, 2.75) is 6.54 Å². The summed E-state index contributed by atoms with van der Waals surface area (Å²) in [5.74, 6) is 0. The van der Waals surface area contributed by atoms with Crippen LogP contribution in [0.3, 0.4) is 0 Å². The second kappa shape index (κ2) is 6.73. The van der Waals surface area contributed by atoms with Crippen LogP contribution in [0.1, 0.15) is 11.4 Å². The molecule has 104 valence electrons. The third kappa shape index (κ3) is 3.58. The first-order valence-corrected chi connectivity index (χ1v) is 6.08. The molecular weight excluding hydrogens is 270 g/mol. The maximum absolute atomic E-state index is 11.5. The fraction of sp³-hybridized carbons (Fsp3) is 0.143. The molecular formula is C14H11N5O2. The number of carbonyl (C=O) groups excluding carboxylic acids is 1. The molecule has 1 heterocycles. The van der Waals surface area contributed by atoms with Gasteiger partial charge in [-0.05, 0) is 12.1 Å². The summed E-state index contributed by atoms with van der Waals surface area (Å²) in [4.78, 5) is 15.3. The quantitative estimate of drug-likeness (QED) is 0.921. The van der Waals surface area contributed by atoms with Gasteiger partial charge in [0.25, 0.3) is 0 Å². The molecule has 21 heavy (non-hydrogen) atoms. The van der Waals surface area contributed by atoms with Gasteiger partial charge in [-0.15, -0.1) is 0 Å². The van der Waals surface area contributed by atoms with Gasteiger partial charge in [-0.2, -0.15) is 10.5 Å². The Hall–Kier alpha value is -3.32. The van der Waals surface area contributed by atoms with Gasteiger partial charge in [0, 0.05) is 5.69 Å². The zero-order chi connectivity index (χ0) is 15.1. The van der Waals surface area contributed by atoms with Crippen LogP contribution in [0.2, 0.25) is 0 Å². The van der Waals surface area contributed by atoms with Gasteiger partial charge in [-0.3, -0.25) is 5.32 Å². The number of carbonyl (C=O) groups is 1. The van der Waals surface area contributed by atoms with Crippen molar-refractivity contribution in [1.82, 2.24) is 9.55 Å². The maximum Gasteiger partial charge on any atom is 0.411 e. The van der Waals surface area contributed by atoms with Crippen molar-refractivity contribution in [3.05, 3.63) is 48.0 Å². The number of aromatic nitrogens is 2. The summed E-state index contributed by atoms with van der Waals surface area (Å²) in [6.45, 7) is 0.314. The Morgan fingerprint density at radius 2 is 2.05 bits per heavy atom. The van der Waals surface area contributed by atoms with Gasteiger partial charge in [-0.1, -0.05) is 18.2 Å². The summed E-state index contributed by atoms with van der Waals surface area (Å²) in [7, 11) is 0. The number of nitrogens with one attached hydrogen (secondary N) is 1. The highest BCUT2D eigenvalue weighted by molar-refractivity contribution is 5.84. The first kappa shape index (κ1) is 14.1. The molecule has 0 radical (unpaired) electrons. The summed E-state index contributed by atoms with van der Waals surface area (Å²) in [6, 6.07) is 12.6. The summed E-state index contributed by atoms with van der Waals surface area (Å²) in [5, 5.41) is 20.3. The average molecular weight is 281 g/mol. The second-order valence-corrected chi connectivity index (χ2v) is 3.99. The summed E-state index contributed by atoms with van der Waals surface area (Å²) >= 11 is 0. The first-order chi connectivity index (χ1) is 10.2. The van der Waals surface area contributed by atoms with E-state index in [1.807, 2.05) is 18.2 Å². The minimum Gasteiger partial charge on any atom is -0.447 e. The Balaban J connectivity index is 1.85. The number of para-hydroxylation sites is 1. The van der Waals surface area contributed by atoms with E-state index >= 15 is 0 Å². The molecule has 0 aliphatic rings. The van der Waals surface area contributed by atoms with Crippen LogP contribution in [0.25, 0.3) is 0 Å². The van der Waals surface area contributed by atoms with E-state index in [-0.39, 0.29) is 24.5 Å². The molecule has 0 aliphatic carbocycles. The minimum absolute atomic E-state index is 0.0613. The topological polar surface area (TPSA) is 104 Å². The van der Waals surface area contributed by atoms with E-state index < -0.39 is 6.09 Å². The third-order valence-electron chi connectivity index (χ3n) is 2.64. The lowest BCUT2D eigenvalue weighted by molar-refractivity contribution is 0.157. The number of anilines is 1.